The van der Waals surface area contributed by atoms with Crippen LogP contribution in [0.3, 0.4) is 0 Å². The molecule has 3 heterocycles. The Morgan fingerprint density at radius 3 is 2.87 bits per heavy atom. The van der Waals surface area contributed by atoms with Crippen LogP contribution in [-0.2, 0) is 11.4 Å². The molecule has 152 valence electrons. The smallest absolute Gasteiger partial charge is 0.326 e. The van der Waals surface area contributed by atoms with Crippen molar-refractivity contribution in [3.8, 4) is 6.01 Å². The minimum absolute atomic E-state index is 0.117. The summed E-state index contributed by atoms with van der Waals surface area (Å²) < 4.78 is 7.35. The Bertz CT molecular complexity index is 1200. The molecular weight excluding hydrogens is 410 g/mol. The Balaban J connectivity index is 1.50. The zero-order chi connectivity index (χ0) is 20.7. The average molecular weight is 426 g/mol. The van der Waals surface area contributed by atoms with E-state index in [1.807, 2.05) is 12.1 Å². The van der Waals surface area contributed by atoms with Gasteiger partial charge in [0, 0.05) is 16.6 Å². The standard InChI is InChI=1S/C19H16ClN7O3/c20-12-3-1-2-10(6-12)9-30-19-24-15-11(7-14-16(28)25-18(29)23-14)8-21-27(15)17(26-19)22-13-4-5-13/h1-3,6-8,13H,4-5,9H2,(H,22,24,26)(H2,23,25,28,29)/b14-7-. The summed E-state index contributed by atoms with van der Waals surface area (Å²) in [5.74, 6) is -0.0182. The number of carbonyl (C=O) groups is 2. The summed E-state index contributed by atoms with van der Waals surface area (Å²) in [5, 5.41) is 12.9. The van der Waals surface area contributed by atoms with Crippen LogP contribution in [0.4, 0.5) is 10.7 Å². The van der Waals surface area contributed by atoms with E-state index in [-0.39, 0.29) is 18.3 Å². The topological polar surface area (TPSA) is 123 Å². The third kappa shape index (κ3) is 3.77. The van der Waals surface area contributed by atoms with E-state index in [0.717, 1.165) is 18.4 Å². The molecule has 1 aliphatic carbocycles. The molecule has 10 nitrogen and oxygen atoms in total. The van der Waals surface area contributed by atoms with E-state index in [1.165, 1.54) is 6.08 Å². The van der Waals surface area contributed by atoms with Gasteiger partial charge in [0.1, 0.15) is 12.3 Å². The summed E-state index contributed by atoms with van der Waals surface area (Å²) in [6.07, 6.45) is 5.16. The maximum Gasteiger partial charge on any atom is 0.326 e. The molecule has 0 bridgehead atoms. The number of benzene rings is 1. The van der Waals surface area contributed by atoms with E-state index in [0.29, 0.717) is 28.2 Å². The van der Waals surface area contributed by atoms with Crippen LogP contribution in [0.5, 0.6) is 6.01 Å². The lowest BCUT2D eigenvalue weighted by atomic mass is 10.2. The van der Waals surface area contributed by atoms with Gasteiger partial charge in [0.25, 0.3) is 5.91 Å². The minimum atomic E-state index is -0.570. The van der Waals surface area contributed by atoms with Crippen molar-refractivity contribution in [1.82, 2.24) is 30.2 Å². The van der Waals surface area contributed by atoms with Gasteiger partial charge in [-0.05, 0) is 36.6 Å². The Morgan fingerprint density at radius 2 is 2.13 bits per heavy atom. The number of halogens is 1. The lowest BCUT2D eigenvalue weighted by Gasteiger charge is -2.10. The van der Waals surface area contributed by atoms with Crippen molar-refractivity contribution in [2.24, 2.45) is 0 Å². The number of nitrogens with one attached hydrogen (secondary N) is 3. The van der Waals surface area contributed by atoms with Crippen molar-refractivity contribution >= 4 is 41.2 Å². The van der Waals surface area contributed by atoms with Crippen molar-refractivity contribution < 1.29 is 14.3 Å². The number of urea groups is 1. The second-order valence-corrected chi connectivity index (χ2v) is 7.41. The molecule has 2 aromatic heterocycles. The molecule has 5 rings (SSSR count). The van der Waals surface area contributed by atoms with Crippen molar-refractivity contribution in [3.05, 3.63) is 52.3 Å². The number of imide groups is 1. The van der Waals surface area contributed by atoms with Crippen molar-refractivity contribution in [2.75, 3.05) is 5.32 Å². The zero-order valence-electron chi connectivity index (χ0n) is 15.6. The van der Waals surface area contributed by atoms with Gasteiger partial charge in [-0.2, -0.15) is 19.6 Å². The number of hydrogen-bond acceptors (Lipinski definition) is 7. The lowest BCUT2D eigenvalue weighted by Crippen LogP contribution is -2.22. The molecule has 0 atom stereocenters. The van der Waals surface area contributed by atoms with Gasteiger partial charge in [-0.1, -0.05) is 23.7 Å². The van der Waals surface area contributed by atoms with Crippen LogP contribution in [0.1, 0.15) is 24.0 Å². The lowest BCUT2D eigenvalue weighted by molar-refractivity contribution is -0.115. The van der Waals surface area contributed by atoms with Crippen molar-refractivity contribution in [3.63, 3.8) is 0 Å². The molecule has 0 spiro atoms. The molecular formula is C19H16ClN7O3. The fraction of sp³-hybridized carbons (Fsp3) is 0.211. The van der Waals surface area contributed by atoms with E-state index in [1.54, 1.807) is 22.8 Å². The number of fused-ring (bicyclic) bond motifs is 1. The molecule has 3 N–H and O–H groups in total. The number of anilines is 1. The maximum atomic E-state index is 11.9. The number of aromatic nitrogens is 4. The Labute approximate surface area is 175 Å². The molecule has 3 amide bonds. The molecule has 1 aliphatic heterocycles. The average Bonchev–Trinajstić information content (AvgIpc) is 3.35. The van der Waals surface area contributed by atoms with E-state index < -0.39 is 11.9 Å². The molecule has 3 aromatic rings. The second kappa shape index (κ2) is 7.30. The van der Waals surface area contributed by atoms with E-state index in [4.69, 9.17) is 16.3 Å². The van der Waals surface area contributed by atoms with Crippen LogP contribution in [0.15, 0.2) is 36.2 Å². The number of ether oxygens (including phenoxy) is 1. The fourth-order valence-electron chi connectivity index (χ4n) is 2.96. The predicted molar refractivity (Wildman–Crippen MR) is 108 cm³/mol. The molecule has 2 aliphatic rings. The van der Waals surface area contributed by atoms with Gasteiger partial charge in [0.15, 0.2) is 5.65 Å². The molecule has 2 fully saturated rings. The molecule has 1 saturated heterocycles. The third-order valence-corrected chi connectivity index (χ3v) is 4.80. The first-order chi connectivity index (χ1) is 14.5. The molecule has 1 saturated carbocycles. The van der Waals surface area contributed by atoms with Gasteiger partial charge in [0.2, 0.25) is 5.95 Å². The van der Waals surface area contributed by atoms with Crippen LogP contribution in [-0.4, -0.2) is 37.6 Å². The van der Waals surface area contributed by atoms with Gasteiger partial charge >= 0.3 is 12.0 Å². The summed E-state index contributed by atoms with van der Waals surface area (Å²) in [6, 6.07) is 7.24. The van der Waals surface area contributed by atoms with E-state index in [2.05, 4.69) is 31.0 Å². The van der Waals surface area contributed by atoms with Crippen LogP contribution in [0.25, 0.3) is 11.7 Å². The molecule has 11 heteroatoms. The minimum Gasteiger partial charge on any atom is -0.458 e. The number of carbonyl (C=O) groups excluding carboxylic acids is 2. The van der Waals surface area contributed by atoms with Gasteiger partial charge in [-0.3, -0.25) is 10.1 Å². The number of rotatable bonds is 6. The molecule has 30 heavy (non-hydrogen) atoms. The first-order valence-corrected chi connectivity index (χ1v) is 9.66. The second-order valence-electron chi connectivity index (χ2n) is 6.97. The Morgan fingerprint density at radius 1 is 1.27 bits per heavy atom. The van der Waals surface area contributed by atoms with Gasteiger partial charge in [-0.25, -0.2) is 4.79 Å². The highest BCUT2D eigenvalue weighted by Gasteiger charge is 2.26. The summed E-state index contributed by atoms with van der Waals surface area (Å²) in [4.78, 5) is 32.1. The Hall–Kier alpha value is -3.66. The fourth-order valence-corrected chi connectivity index (χ4v) is 3.17. The van der Waals surface area contributed by atoms with E-state index in [9.17, 15) is 9.59 Å². The number of hydrogen-bond donors (Lipinski definition) is 3. The van der Waals surface area contributed by atoms with Crippen LogP contribution >= 0.6 is 11.6 Å². The highest BCUT2D eigenvalue weighted by molar-refractivity contribution is 6.30. The monoisotopic (exact) mass is 425 g/mol. The normalized spacial score (nSPS) is 17.3. The predicted octanol–water partition coefficient (Wildman–Crippen LogP) is 2.11. The maximum absolute atomic E-state index is 11.9. The summed E-state index contributed by atoms with van der Waals surface area (Å²) in [7, 11) is 0. The van der Waals surface area contributed by atoms with Crippen LogP contribution in [0.2, 0.25) is 5.02 Å². The summed E-state index contributed by atoms with van der Waals surface area (Å²) in [5.41, 5.74) is 1.97. The van der Waals surface area contributed by atoms with Crippen molar-refractivity contribution in [2.45, 2.75) is 25.5 Å². The first kappa shape index (κ1) is 18.4. The molecule has 0 unspecified atom stereocenters. The van der Waals surface area contributed by atoms with Crippen molar-refractivity contribution in [1.29, 1.82) is 0 Å². The quantitative estimate of drug-likeness (QED) is 0.408. The highest BCUT2D eigenvalue weighted by Crippen LogP contribution is 2.26. The molecule has 1 aromatic carbocycles. The molecule has 0 radical (unpaired) electrons. The number of nitrogens with zero attached hydrogens (tertiary/aromatic N) is 4. The van der Waals surface area contributed by atoms with Gasteiger partial charge < -0.3 is 15.4 Å². The van der Waals surface area contributed by atoms with E-state index >= 15 is 0 Å². The van der Waals surface area contributed by atoms with Gasteiger partial charge in [-0.15, -0.1) is 0 Å². The Kier molecular flexibility index (Phi) is 4.47. The van der Waals surface area contributed by atoms with Crippen LogP contribution in [0, 0.1) is 0 Å². The number of amides is 3. The summed E-state index contributed by atoms with van der Waals surface area (Å²) in [6.45, 7) is 0.239. The first-order valence-electron chi connectivity index (χ1n) is 9.29. The summed E-state index contributed by atoms with van der Waals surface area (Å²) >= 11 is 6.03. The van der Waals surface area contributed by atoms with Crippen LogP contribution < -0.4 is 20.7 Å². The zero-order valence-corrected chi connectivity index (χ0v) is 16.3. The highest BCUT2D eigenvalue weighted by atomic mass is 35.5. The third-order valence-electron chi connectivity index (χ3n) is 4.56. The SMILES string of the molecule is O=C1NC(=O)/C(=C/c2cnn3c(NC4CC4)nc(OCc4cccc(Cl)c4)nc23)N1. The van der Waals surface area contributed by atoms with Gasteiger partial charge in [0.05, 0.1) is 6.20 Å². The largest absolute Gasteiger partial charge is 0.458 e.